The summed E-state index contributed by atoms with van der Waals surface area (Å²) in [7, 11) is 4.77. The second-order valence-corrected chi connectivity index (χ2v) is 5.33. The van der Waals surface area contributed by atoms with E-state index in [4.69, 9.17) is 31.5 Å². The molecule has 0 aliphatic heterocycles. The SMILES string of the molecule is COc1cc(OC)c(C2(C(C)N)CC2)c(Cl)c1OC. The summed E-state index contributed by atoms with van der Waals surface area (Å²) in [5.74, 6) is 1.80. The lowest BCUT2D eigenvalue weighted by atomic mass is 9.88. The molecule has 0 aromatic heterocycles. The molecule has 2 N–H and O–H groups in total. The van der Waals surface area contributed by atoms with E-state index in [0.29, 0.717) is 22.3 Å². The molecule has 4 nitrogen and oxygen atoms in total. The van der Waals surface area contributed by atoms with Gasteiger partial charge >= 0.3 is 0 Å². The average Bonchev–Trinajstić information content (AvgIpc) is 3.18. The van der Waals surface area contributed by atoms with Crippen molar-refractivity contribution in [3.05, 3.63) is 16.7 Å². The first-order valence-corrected chi connectivity index (χ1v) is 6.64. The number of hydrogen-bond acceptors (Lipinski definition) is 4. The molecule has 19 heavy (non-hydrogen) atoms. The first-order valence-electron chi connectivity index (χ1n) is 6.26. The van der Waals surface area contributed by atoms with Crippen molar-refractivity contribution in [3.63, 3.8) is 0 Å². The van der Waals surface area contributed by atoms with Crippen molar-refractivity contribution in [2.45, 2.75) is 31.2 Å². The van der Waals surface area contributed by atoms with Crippen molar-refractivity contribution in [2.75, 3.05) is 21.3 Å². The first-order chi connectivity index (χ1) is 9.01. The van der Waals surface area contributed by atoms with Gasteiger partial charge in [0, 0.05) is 23.1 Å². The number of methoxy groups -OCH3 is 3. The molecule has 0 heterocycles. The Morgan fingerprint density at radius 2 is 1.74 bits per heavy atom. The highest BCUT2D eigenvalue weighted by Gasteiger charge is 2.51. The van der Waals surface area contributed by atoms with Crippen LogP contribution in [0.25, 0.3) is 0 Å². The van der Waals surface area contributed by atoms with Gasteiger partial charge in [0.05, 0.1) is 26.4 Å². The molecule has 1 aliphatic carbocycles. The standard InChI is InChI=1S/C14H20ClNO3/c1-8(16)14(5-6-14)11-9(17-2)7-10(18-3)13(19-4)12(11)15/h7-8H,5-6,16H2,1-4H3. The minimum absolute atomic E-state index is 0.0111. The van der Waals surface area contributed by atoms with Crippen LogP contribution in [0.1, 0.15) is 25.3 Å². The number of ether oxygens (including phenoxy) is 3. The van der Waals surface area contributed by atoms with Crippen molar-refractivity contribution in [3.8, 4) is 17.2 Å². The van der Waals surface area contributed by atoms with Gasteiger partial charge in [0.1, 0.15) is 5.75 Å². The van der Waals surface area contributed by atoms with E-state index in [1.54, 1.807) is 21.3 Å². The van der Waals surface area contributed by atoms with E-state index in [9.17, 15) is 0 Å². The molecule has 1 aliphatic rings. The topological polar surface area (TPSA) is 53.7 Å². The molecule has 0 radical (unpaired) electrons. The molecule has 1 fully saturated rings. The minimum Gasteiger partial charge on any atom is -0.496 e. The van der Waals surface area contributed by atoms with Crippen LogP contribution in [0, 0.1) is 0 Å². The molecule has 106 valence electrons. The van der Waals surface area contributed by atoms with Crippen molar-refractivity contribution in [1.82, 2.24) is 0 Å². The predicted molar refractivity (Wildman–Crippen MR) is 75.7 cm³/mol. The van der Waals surface area contributed by atoms with Crippen LogP contribution < -0.4 is 19.9 Å². The summed E-state index contributed by atoms with van der Waals surface area (Å²) in [5, 5.41) is 0.536. The lowest BCUT2D eigenvalue weighted by Gasteiger charge is -2.25. The highest BCUT2D eigenvalue weighted by Crippen LogP contribution is 2.58. The van der Waals surface area contributed by atoms with E-state index in [1.165, 1.54) is 0 Å². The number of hydrogen-bond donors (Lipinski definition) is 1. The van der Waals surface area contributed by atoms with Crippen LogP contribution in [-0.4, -0.2) is 27.4 Å². The molecule has 1 aromatic rings. The van der Waals surface area contributed by atoms with E-state index in [0.717, 1.165) is 18.4 Å². The number of halogens is 1. The fourth-order valence-electron chi connectivity index (χ4n) is 2.62. The van der Waals surface area contributed by atoms with Crippen molar-refractivity contribution >= 4 is 11.6 Å². The van der Waals surface area contributed by atoms with Crippen LogP contribution >= 0.6 is 11.6 Å². The van der Waals surface area contributed by atoms with Crippen molar-refractivity contribution < 1.29 is 14.2 Å². The molecule has 1 atom stereocenters. The number of nitrogens with two attached hydrogens (primary N) is 1. The Balaban J connectivity index is 2.66. The zero-order valence-electron chi connectivity index (χ0n) is 11.7. The highest BCUT2D eigenvalue weighted by atomic mass is 35.5. The molecule has 1 aromatic carbocycles. The largest absolute Gasteiger partial charge is 0.496 e. The summed E-state index contributed by atoms with van der Waals surface area (Å²) in [6.07, 6.45) is 2.02. The van der Waals surface area contributed by atoms with Crippen LogP contribution in [0.5, 0.6) is 17.2 Å². The maximum Gasteiger partial charge on any atom is 0.179 e. The first kappa shape index (κ1) is 14.3. The fourth-order valence-corrected chi connectivity index (χ4v) is 3.07. The molecule has 1 unspecified atom stereocenters. The Kier molecular flexibility index (Phi) is 3.83. The summed E-state index contributed by atoms with van der Waals surface area (Å²) in [5.41, 5.74) is 6.96. The second-order valence-electron chi connectivity index (χ2n) is 4.95. The number of rotatable bonds is 5. The molecular formula is C14H20ClNO3. The lowest BCUT2D eigenvalue weighted by molar-refractivity contribution is 0.345. The normalized spacial score (nSPS) is 17.8. The predicted octanol–water partition coefficient (Wildman–Crippen LogP) is 2.74. The molecule has 0 spiro atoms. The van der Waals surface area contributed by atoms with Crippen LogP contribution in [0.3, 0.4) is 0 Å². The Hall–Kier alpha value is -1.13. The Bertz CT molecular complexity index is 484. The molecular weight excluding hydrogens is 266 g/mol. The Morgan fingerprint density at radius 3 is 2.11 bits per heavy atom. The monoisotopic (exact) mass is 285 g/mol. The highest BCUT2D eigenvalue weighted by molar-refractivity contribution is 6.33. The molecule has 0 bridgehead atoms. The second kappa shape index (κ2) is 5.10. The third kappa shape index (κ3) is 2.13. The molecule has 0 amide bonds. The quantitative estimate of drug-likeness (QED) is 0.904. The zero-order chi connectivity index (χ0) is 14.2. The van der Waals surface area contributed by atoms with Crippen LogP contribution in [-0.2, 0) is 5.41 Å². The molecule has 1 saturated carbocycles. The maximum atomic E-state index is 6.50. The van der Waals surface area contributed by atoms with E-state index < -0.39 is 0 Å². The summed E-state index contributed by atoms with van der Waals surface area (Å²) < 4.78 is 16.1. The van der Waals surface area contributed by atoms with Gasteiger partial charge in [-0.2, -0.15) is 0 Å². The van der Waals surface area contributed by atoms with E-state index in [2.05, 4.69) is 0 Å². The van der Waals surface area contributed by atoms with Gasteiger partial charge in [-0.25, -0.2) is 0 Å². The fraction of sp³-hybridized carbons (Fsp3) is 0.571. The maximum absolute atomic E-state index is 6.50. The van der Waals surface area contributed by atoms with Gasteiger partial charge in [-0.15, -0.1) is 0 Å². The van der Waals surface area contributed by atoms with Crippen molar-refractivity contribution in [1.29, 1.82) is 0 Å². The average molecular weight is 286 g/mol. The lowest BCUT2D eigenvalue weighted by Crippen LogP contribution is -2.32. The van der Waals surface area contributed by atoms with E-state index in [1.807, 2.05) is 13.0 Å². The van der Waals surface area contributed by atoms with Gasteiger partial charge < -0.3 is 19.9 Å². The smallest absolute Gasteiger partial charge is 0.179 e. The zero-order valence-corrected chi connectivity index (χ0v) is 12.5. The van der Waals surface area contributed by atoms with E-state index >= 15 is 0 Å². The third-order valence-corrected chi connectivity index (χ3v) is 4.31. The van der Waals surface area contributed by atoms with Gasteiger partial charge in [0.15, 0.2) is 11.5 Å². The van der Waals surface area contributed by atoms with Gasteiger partial charge in [-0.1, -0.05) is 11.6 Å². The van der Waals surface area contributed by atoms with Gasteiger partial charge in [0.25, 0.3) is 0 Å². The van der Waals surface area contributed by atoms with Gasteiger partial charge in [0.2, 0.25) is 0 Å². The minimum atomic E-state index is -0.109. The summed E-state index contributed by atoms with van der Waals surface area (Å²) in [4.78, 5) is 0. The Morgan fingerprint density at radius 1 is 1.16 bits per heavy atom. The summed E-state index contributed by atoms with van der Waals surface area (Å²) in [6.45, 7) is 2.00. The Labute approximate surface area is 118 Å². The van der Waals surface area contributed by atoms with Gasteiger partial charge in [-0.05, 0) is 19.8 Å². The van der Waals surface area contributed by atoms with Crippen LogP contribution in [0.4, 0.5) is 0 Å². The van der Waals surface area contributed by atoms with E-state index in [-0.39, 0.29) is 11.5 Å². The summed E-state index contributed by atoms with van der Waals surface area (Å²) in [6, 6.07) is 1.82. The van der Waals surface area contributed by atoms with Crippen LogP contribution in [0.2, 0.25) is 5.02 Å². The molecule has 0 saturated heterocycles. The van der Waals surface area contributed by atoms with Gasteiger partial charge in [-0.3, -0.25) is 0 Å². The molecule has 2 rings (SSSR count). The molecule has 5 heteroatoms. The van der Waals surface area contributed by atoms with Crippen LogP contribution in [0.15, 0.2) is 6.07 Å². The number of benzene rings is 1. The van der Waals surface area contributed by atoms with Crippen molar-refractivity contribution in [2.24, 2.45) is 5.73 Å². The summed E-state index contributed by atoms with van der Waals surface area (Å²) >= 11 is 6.50. The third-order valence-electron chi connectivity index (χ3n) is 3.95.